The fourth-order valence-electron chi connectivity index (χ4n) is 4.21. The van der Waals surface area contributed by atoms with E-state index in [0.29, 0.717) is 11.4 Å². The van der Waals surface area contributed by atoms with Gasteiger partial charge in [0.05, 0.1) is 28.5 Å². The third kappa shape index (κ3) is 3.84. The smallest absolute Gasteiger partial charge is 0.398 e. The molecule has 7 heteroatoms. The van der Waals surface area contributed by atoms with Crippen molar-refractivity contribution >= 4 is 46.8 Å². The second-order valence-corrected chi connectivity index (χ2v) is 10.4. The average molecular weight is 541 g/mol. The number of amidine groups is 1. The summed E-state index contributed by atoms with van der Waals surface area (Å²) in [6.45, 7) is 12.5. The van der Waals surface area contributed by atoms with E-state index >= 15 is 0 Å². The molecule has 1 aliphatic carbocycles. The molecule has 0 radical (unpaired) electrons. The van der Waals surface area contributed by atoms with Crippen molar-refractivity contribution < 1.29 is 9.31 Å². The van der Waals surface area contributed by atoms with Crippen LogP contribution in [-0.2, 0) is 9.31 Å². The minimum absolute atomic E-state index is 0.00642. The fraction of sp³-hybridized carbons (Fsp3) is 0.360. The zero-order valence-corrected chi connectivity index (χ0v) is 21.4. The molecule has 2 atom stereocenters. The van der Waals surface area contributed by atoms with Crippen LogP contribution in [0.25, 0.3) is 0 Å². The van der Waals surface area contributed by atoms with Gasteiger partial charge in [0.25, 0.3) is 0 Å². The Kier molecular flexibility index (Phi) is 6.11. The van der Waals surface area contributed by atoms with Gasteiger partial charge < -0.3 is 14.2 Å². The molecule has 2 heterocycles. The van der Waals surface area contributed by atoms with Crippen molar-refractivity contribution in [3.05, 3.63) is 75.9 Å². The van der Waals surface area contributed by atoms with Crippen LogP contribution in [0.15, 0.2) is 77.4 Å². The number of halogens is 1. The molecule has 32 heavy (non-hydrogen) atoms. The zero-order valence-electron chi connectivity index (χ0n) is 19.2. The lowest BCUT2D eigenvalue weighted by molar-refractivity contribution is 0.00578. The SMILES string of the molecule is C=C1/C(=C\C(=N/C)B2OC(C)(C)C(C)(C)O2)C(=N)N(c2ccccc2I)C2C=CC=CC12. The Balaban J connectivity index is 1.76. The summed E-state index contributed by atoms with van der Waals surface area (Å²) >= 11 is 2.33. The number of nitrogens with one attached hydrogen (secondary N) is 1. The number of aliphatic imine (C=N–C) groups is 1. The van der Waals surface area contributed by atoms with Gasteiger partial charge in [0.15, 0.2) is 0 Å². The molecule has 5 nitrogen and oxygen atoms in total. The molecule has 4 rings (SSSR count). The van der Waals surface area contributed by atoms with E-state index in [1.54, 1.807) is 7.05 Å². The number of fused-ring (bicyclic) bond motifs is 1. The molecule has 0 aromatic heterocycles. The lowest BCUT2D eigenvalue weighted by Gasteiger charge is -2.44. The first-order valence-corrected chi connectivity index (χ1v) is 11.9. The van der Waals surface area contributed by atoms with Gasteiger partial charge in [-0.15, -0.1) is 0 Å². The highest BCUT2D eigenvalue weighted by molar-refractivity contribution is 14.1. The molecule has 2 fully saturated rings. The standard InChI is InChI=1S/C25H29BIN3O2/c1-16-17-11-7-9-13-20(17)30(21-14-10-8-12-19(21)27)23(28)18(16)15-22(29-6)26-31-24(2,3)25(4,5)32-26/h7-15,17,20,28H,1H2,2-6H3/b18-15+,28-23?,29-22+. The molecule has 166 valence electrons. The van der Waals surface area contributed by atoms with E-state index in [4.69, 9.17) is 9.31 Å². The number of rotatable bonds is 3. The lowest BCUT2D eigenvalue weighted by Crippen LogP contribution is -2.50. The van der Waals surface area contributed by atoms with E-state index in [1.807, 2.05) is 52.0 Å². The normalized spacial score (nSPS) is 27.9. The number of piperidine rings is 1. The van der Waals surface area contributed by atoms with Gasteiger partial charge in [0, 0.05) is 22.1 Å². The van der Waals surface area contributed by atoms with Crippen LogP contribution in [0, 0.1) is 14.9 Å². The van der Waals surface area contributed by atoms with Gasteiger partial charge in [0.2, 0.25) is 0 Å². The van der Waals surface area contributed by atoms with Crippen molar-refractivity contribution in [2.75, 3.05) is 11.9 Å². The molecular formula is C25H29BIN3O2. The van der Waals surface area contributed by atoms with Crippen LogP contribution < -0.4 is 4.90 Å². The Morgan fingerprint density at radius 3 is 2.41 bits per heavy atom. The second kappa shape index (κ2) is 8.43. The van der Waals surface area contributed by atoms with Gasteiger partial charge in [-0.3, -0.25) is 10.4 Å². The van der Waals surface area contributed by atoms with Crippen LogP contribution in [0.3, 0.4) is 0 Å². The molecule has 0 saturated carbocycles. The molecule has 1 N–H and O–H groups in total. The van der Waals surface area contributed by atoms with E-state index in [-0.39, 0.29) is 12.0 Å². The van der Waals surface area contributed by atoms with Crippen molar-refractivity contribution in [3.8, 4) is 0 Å². The molecule has 2 unspecified atom stereocenters. The van der Waals surface area contributed by atoms with Crippen molar-refractivity contribution in [3.63, 3.8) is 0 Å². The number of hydrogen-bond acceptors (Lipinski definition) is 4. The summed E-state index contributed by atoms with van der Waals surface area (Å²) in [5.41, 5.74) is 2.40. The summed E-state index contributed by atoms with van der Waals surface area (Å²) in [6.07, 6.45) is 10.3. The van der Waals surface area contributed by atoms with Gasteiger partial charge in [-0.2, -0.15) is 0 Å². The number of para-hydroxylation sites is 1. The fourth-order valence-corrected chi connectivity index (χ4v) is 4.86. The Morgan fingerprint density at radius 1 is 1.16 bits per heavy atom. The van der Waals surface area contributed by atoms with E-state index in [0.717, 1.165) is 20.4 Å². The largest absolute Gasteiger partial charge is 0.514 e. The lowest BCUT2D eigenvalue weighted by atomic mass is 9.75. The molecule has 0 bridgehead atoms. The van der Waals surface area contributed by atoms with Crippen LogP contribution in [-0.4, -0.2) is 42.9 Å². The predicted molar refractivity (Wildman–Crippen MR) is 142 cm³/mol. The minimum Gasteiger partial charge on any atom is -0.398 e. The predicted octanol–water partition coefficient (Wildman–Crippen LogP) is 5.38. The molecule has 2 aliphatic heterocycles. The van der Waals surface area contributed by atoms with Gasteiger partial charge in [-0.1, -0.05) is 43.0 Å². The molecule has 1 aromatic carbocycles. The van der Waals surface area contributed by atoms with E-state index in [9.17, 15) is 5.41 Å². The summed E-state index contributed by atoms with van der Waals surface area (Å²) < 4.78 is 13.6. The first-order chi connectivity index (χ1) is 15.1. The van der Waals surface area contributed by atoms with Crippen LogP contribution in [0.1, 0.15) is 27.7 Å². The highest BCUT2D eigenvalue weighted by atomic mass is 127. The molecule has 0 spiro atoms. The number of nitrogens with zero attached hydrogens (tertiary/aromatic N) is 2. The number of benzene rings is 1. The summed E-state index contributed by atoms with van der Waals surface area (Å²) in [6, 6.07) is 8.17. The van der Waals surface area contributed by atoms with Crippen molar-refractivity contribution in [2.24, 2.45) is 10.9 Å². The third-order valence-corrected chi connectivity index (χ3v) is 7.72. The molecule has 3 aliphatic rings. The van der Waals surface area contributed by atoms with Crippen LogP contribution >= 0.6 is 22.6 Å². The first kappa shape index (κ1) is 23.2. The summed E-state index contributed by atoms with van der Waals surface area (Å²) in [7, 11) is 1.14. The Hall–Kier alpha value is -1.97. The van der Waals surface area contributed by atoms with E-state index in [2.05, 4.69) is 69.4 Å². The molecule has 1 aromatic rings. The molecule has 0 amide bonds. The quantitative estimate of drug-likeness (QED) is 0.318. The molecular weight excluding hydrogens is 512 g/mol. The van der Waals surface area contributed by atoms with Crippen molar-refractivity contribution in [2.45, 2.75) is 44.9 Å². The zero-order chi connectivity index (χ0) is 23.3. The highest BCUT2D eigenvalue weighted by Crippen LogP contribution is 2.41. The van der Waals surface area contributed by atoms with Crippen LogP contribution in [0.4, 0.5) is 5.69 Å². The van der Waals surface area contributed by atoms with Gasteiger partial charge in [-0.25, -0.2) is 0 Å². The topological polar surface area (TPSA) is 57.9 Å². The maximum Gasteiger partial charge on any atom is 0.514 e. The number of hydrogen-bond donors (Lipinski definition) is 1. The highest BCUT2D eigenvalue weighted by Gasteiger charge is 2.53. The van der Waals surface area contributed by atoms with Gasteiger partial charge in [-0.05, 0) is 74.1 Å². The Bertz CT molecular complexity index is 1070. The summed E-state index contributed by atoms with van der Waals surface area (Å²) in [4.78, 5) is 6.57. The molecule has 2 saturated heterocycles. The second-order valence-electron chi connectivity index (χ2n) is 9.28. The van der Waals surface area contributed by atoms with Gasteiger partial charge >= 0.3 is 7.12 Å². The van der Waals surface area contributed by atoms with Gasteiger partial charge in [0.1, 0.15) is 5.84 Å². The van der Waals surface area contributed by atoms with Crippen LogP contribution in [0.2, 0.25) is 0 Å². The number of allylic oxidation sites excluding steroid dienone is 3. The maximum absolute atomic E-state index is 9.18. The first-order valence-electron chi connectivity index (χ1n) is 10.8. The minimum atomic E-state index is -0.595. The third-order valence-electron chi connectivity index (χ3n) is 6.81. The van der Waals surface area contributed by atoms with E-state index < -0.39 is 18.3 Å². The average Bonchev–Trinajstić information content (AvgIpc) is 2.96. The monoisotopic (exact) mass is 541 g/mol. The van der Waals surface area contributed by atoms with Crippen molar-refractivity contribution in [1.29, 1.82) is 5.41 Å². The summed E-state index contributed by atoms with van der Waals surface area (Å²) in [5, 5.41) is 9.18. The summed E-state index contributed by atoms with van der Waals surface area (Å²) in [5.74, 6) is 0.464. The maximum atomic E-state index is 9.18. The Morgan fingerprint density at radius 2 is 1.78 bits per heavy atom. The van der Waals surface area contributed by atoms with Crippen LogP contribution in [0.5, 0.6) is 0 Å². The Labute approximate surface area is 204 Å². The van der Waals surface area contributed by atoms with E-state index in [1.165, 1.54) is 0 Å². The van der Waals surface area contributed by atoms with Crippen molar-refractivity contribution in [1.82, 2.24) is 0 Å². The number of anilines is 1.